The Morgan fingerprint density at radius 3 is 2.88 bits per heavy atom. The summed E-state index contributed by atoms with van der Waals surface area (Å²) in [6, 6.07) is 0. The minimum atomic E-state index is -0.267. The first-order valence-corrected chi connectivity index (χ1v) is 6.59. The molecule has 2 nitrogen and oxygen atoms in total. The summed E-state index contributed by atoms with van der Waals surface area (Å²) < 4.78 is 5.71. The molecule has 96 valence electrons. The number of rotatable bonds is 1. The normalized spacial score (nSPS) is 36.7. The summed E-state index contributed by atoms with van der Waals surface area (Å²) in [5.74, 6) is 0. The molecule has 0 saturated carbocycles. The number of allylic oxidation sites excluding steroid dienone is 3. The van der Waals surface area contributed by atoms with E-state index >= 15 is 0 Å². The number of epoxide rings is 1. The summed E-state index contributed by atoms with van der Waals surface area (Å²) in [5.41, 5.74) is 1.37. The lowest BCUT2D eigenvalue weighted by Crippen LogP contribution is -2.19. The number of ether oxygens (including phenoxy) is 1. The van der Waals surface area contributed by atoms with E-state index in [9.17, 15) is 5.11 Å². The molecular weight excluding hydrogens is 212 g/mol. The third-order valence-corrected chi connectivity index (χ3v) is 3.98. The quantitative estimate of drug-likeness (QED) is 0.560. The number of hydrogen-bond donors (Lipinski definition) is 1. The lowest BCUT2D eigenvalue weighted by Gasteiger charge is -2.18. The van der Waals surface area contributed by atoms with Gasteiger partial charge in [-0.2, -0.15) is 0 Å². The van der Waals surface area contributed by atoms with Crippen LogP contribution >= 0.6 is 0 Å². The highest BCUT2D eigenvalue weighted by Gasteiger charge is 2.54. The summed E-state index contributed by atoms with van der Waals surface area (Å²) in [5, 5.41) is 9.46. The van der Waals surface area contributed by atoms with E-state index in [0.717, 1.165) is 25.7 Å². The van der Waals surface area contributed by atoms with Crippen molar-refractivity contribution in [1.29, 1.82) is 0 Å². The van der Waals surface area contributed by atoms with E-state index in [1.165, 1.54) is 5.57 Å². The van der Waals surface area contributed by atoms with Gasteiger partial charge in [0, 0.05) is 0 Å². The molecule has 1 aliphatic carbocycles. The van der Waals surface area contributed by atoms with E-state index in [1.54, 1.807) is 0 Å². The van der Waals surface area contributed by atoms with Gasteiger partial charge in [-0.15, -0.1) is 0 Å². The molecule has 0 aromatic rings. The van der Waals surface area contributed by atoms with Crippen molar-refractivity contribution in [2.24, 2.45) is 5.41 Å². The largest absolute Gasteiger partial charge is 0.393 e. The Kier molecular flexibility index (Phi) is 3.46. The highest BCUT2D eigenvalue weighted by atomic mass is 16.6. The smallest absolute Gasteiger partial charge is 0.121 e. The molecule has 2 aliphatic rings. The minimum Gasteiger partial charge on any atom is -0.393 e. The maximum absolute atomic E-state index is 9.46. The molecule has 1 N–H and O–H groups in total. The van der Waals surface area contributed by atoms with Crippen LogP contribution < -0.4 is 0 Å². The highest BCUT2D eigenvalue weighted by Crippen LogP contribution is 2.43. The molecule has 0 aromatic carbocycles. The van der Waals surface area contributed by atoms with Gasteiger partial charge in [-0.3, -0.25) is 0 Å². The molecule has 1 saturated heterocycles. The van der Waals surface area contributed by atoms with Crippen LogP contribution in [0.5, 0.6) is 0 Å². The van der Waals surface area contributed by atoms with Crippen molar-refractivity contribution in [1.82, 2.24) is 0 Å². The molecule has 0 radical (unpaired) electrons. The van der Waals surface area contributed by atoms with Crippen LogP contribution in [0.1, 0.15) is 46.5 Å². The molecule has 1 aliphatic heterocycles. The monoisotopic (exact) mass is 236 g/mol. The minimum absolute atomic E-state index is 0.144. The average Bonchev–Trinajstić information content (AvgIpc) is 2.97. The molecule has 0 amide bonds. The van der Waals surface area contributed by atoms with E-state index in [4.69, 9.17) is 4.74 Å². The fraction of sp³-hybridized carbons (Fsp3) is 0.733. The predicted molar refractivity (Wildman–Crippen MR) is 69.8 cm³/mol. The van der Waals surface area contributed by atoms with E-state index in [2.05, 4.69) is 39.0 Å². The van der Waals surface area contributed by atoms with Gasteiger partial charge >= 0.3 is 0 Å². The Morgan fingerprint density at radius 1 is 1.41 bits per heavy atom. The molecule has 2 rings (SSSR count). The topological polar surface area (TPSA) is 32.8 Å². The van der Waals surface area contributed by atoms with Gasteiger partial charge in [-0.25, -0.2) is 0 Å². The molecule has 1 heterocycles. The first kappa shape index (κ1) is 12.8. The van der Waals surface area contributed by atoms with Crippen molar-refractivity contribution in [2.75, 3.05) is 6.61 Å². The molecule has 0 aromatic heterocycles. The van der Waals surface area contributed by atoms with Gasteiger partial charge in [0.15, 0.2) is 0 Å². The number of aliphatic hydroxyl groups excluding tert-OH is 1. The van der Waals surface area contributed by atoms with Gasteiger partial charge in [0.2, 0.25) is 0 Å². The van der Waals surface area contributed by atoms with Crippen molar-refractivity contribution < 1.29 is 9.84 Å². The second kappa shape index (κ2) is 4.58. The maximum Gasteiger partial charge on any atom is 0.121 e. The van der Waals surface area contributed by atoms with E-state index in [-0.39, 0.29) is 23.7 Å². The zero-order valence-corrected chi connectivity index (χ0v) is 11.2. The van der Waals surface area contributed by atoms with Crippen LogP contribution in [0, 0.1) is 5.41 Å². The Morgan fingerprint density at radius 2 is 2.18 bits per heavy atom. The van der Waals surface area contributed by atoms with Crippen molar-refractivity contribution in [2.45, 2.75) is 58.2 Å². The van der Waals surface area contributed by atoms with Crippen molar-refractivity contribution >= 4 is 0 Å². The molecular formula is C15H24O2. The van der Waals surface area contributed by atoms with Crippen molar-refractivity contribution in [3.63, 3.8) is 0 Å². The summed E-state index contributed by atoms with van der Waals surface area (Å²) in [6.07, 6.45) is 11.1. The average molecular weight is 236 g/mol. The van der Waals surface area contributed by atoms with Crippen LogP contribution in [0.4, 0.5) is 0 Å². The van der Waals surface area contributed by atoms with Crippen molar-refractivity contribution in [3.8, 4) is 0 Å². The summed E-state index contributed by atoms with van der Waals surface area (Å²) in [4.78, 5) is 0. The Balaban J connectivity index is 2.13. The molecule has 2 atom stereocenters. The highest BCUT2D eigenvalue weighted by molar-refractivity contribution is 5.13. The molecule has 2 heteroatoms. The van der Waals surface area contributed by atoms with Gasteiger partial charge < -0.3 is 9.84 Å². The third kappa shape index (κ3) is 2.99. The second-order valence-electron chi connectivity index (χ2n) is 6.22. The first-order chi connectivity index (χ1) is 7.97. The predicted octanol–water partition coefficient (Wildman–Crippen LogP) is 3.22. The lowest BCUT2D eigenvalue weighted by atomic mass is 9.87. The van der Waals surface area contributed by atoms with E-state index in [0.29, 0.717) is 0 Å². The molecule has 17 heavy (non-hydrogen) atoms. The SMILES string of the molecule is CC1=CCC(C)(C)C=CCC2(CO)OC2CC1. The third-order valence-electron chi connectivity index (χ3n) is 3.98. The summed E-state index contributed by atoms with van der Waals surface area (Å²) in [7, 11) is 0. The van der Waals surface area contributed by atoms with Crippen LogP contribution in [0.3, 0.4) is 0 Å². The molecule has 2 unspecified atom stereocenters. The second-order valence-corrected chi connectivity index (χ2v) is 6.22. The lowest BCUT2D eigenvalue weighted by molar-refractivity contribution is 0.173. The number of fused-ring (bicyclic) bond motifs is 1. The molecule has 0 bridgehead atoms. The van der Waals surface area contributed by atoms with Crippen LogP contribution in [0.15, 0.2) is 23.8 Å². The maximum atomic E-state index is 9.46. The van der Waals surface area contributed by atoms with Gasteiger partial charge in [0.25, 0.3) is 0 Å². The fourth-order valence-corrected chi connectivity index (χ4v) is 2.50. The van der Waals surface area contributed by atoms with Crippen molar-refractivity contribution in [3.05, 3.63) is 23.8 Å². The van der Waals surface area contributed by atoms with Crippen LogP contribution in [0.25, 0.3) is 0 Å². The van der Waals surface area contributed by atoms with E-state index < -0.39 is 0 Å². The summed E-state index contributed by atoms with van der Waals surface area (Å²) >= 11 is 0. The fourth-order valence-electron chi connectivity index (χ4n) is 2.50. The van der Waals surface area contributed by atoms with Gasteiger partial charge in [-0.1, -0.05) is 37.6 Å². The van der Waals surface area contributed by atoms with Crippen LogP contribution in [-0.4, -0.2) is 23.4 Å². The zero-order valence-electron chi connectivity index (χ0n) is 11.2. The Hall–Kier alpha value is -0.600. The molecule has 1 fully saturated rings. The van der Waals surface area contributed by atoms with Gasteiger partial charge in [0.1, 0.15) is 5.60 Å². The number of hydrogen-bond acceptors (Lipinski definition) is 2. The van der Waals surface area contributed by atoms with Crippen LogP contribution in [0.2, 0.25) is 0 Å². The van der Waals surface area contributed by atoms with Gasteiger partial charge in [-0.05, 0) is 38.0 Å². The first-order valence-electron chi connectivity index (χ1n) is 6.59. The number of aliphatic hydroxyl groups is 1. The standard InChI is InChI=1S/C15H24O2/c1-12-5-6-13-15(11-16,17-13)9-4-8-14(2,3)10-7-12/h4,7-8,13,16H,5-6,9-11H2,1-3H3. The van der Waals surface area contributed by atoms with E-state index in [1.807, 2.05) is 0 Å². The molecule has 0 spiro atoms. The zero-order chi connectivity index (χ0) is 12.5. The van der Waals surface area contributed by atoms with Crippen LogP contribution in [-0.2, 0) is 4.74 Å². The Bertz CT molecular complexity index is 341. The van der Waals surface area contributed by atoms with Gasteiger partial charge in [0.05, 0.1) is 12.7 Å². The summed E-state index contributed by atoms with van der Waals surface area (Å²) in [6.45, 7) is 6.84. The Labute approximate surface area is 104 Å².